The van der Waals surface area contributed by atoms with Gasteiger partial charge in [-0.15, -0.1) is 11.3 Å². The molecule has 31 heavy (non-hydrogen) atoms. The molecule has 0 amide bonds. The molecule has 1 aliphatic heterocycles. The molecule has 0 unspecified atom stereocenters. The minimum absolute atomic E-state index is 0.312. The first-order chi connectivity index (χ1) is 15.0. The van der Waals surface area contributed by atoms with E-state index in [-0.39, 0.29) is 11.7 Å². The molecule has 0 fully saturated rings. The van der Waals surface area contributed by atoms with Gasteiger partial charge in [-0.2, -0.15) is 0 Å². The Balaban J connectivity index is 1.90. The van der Waals surface area contributed by atoms with Crippen LogP contribution in [0.1, 0.15) is 35.8 Å². The quantitative estimate of drug-likeness (QED) is 0.579. The summed E-state index contributed by atoms with van der Waals surface area (Å²) < 4.78 is 10.0. The van der Waals surface area contributed by atoms with Crippen molar-refractivity contribution in [3.8, 4) is 0 Å². The van der Waals surface area contributed by atoms with Gasteiger partial charge in [0.1, 0.15) is 5.92 Å². The molecule has 3 heterocycles. The Kier molecular flexibility index (Phi) is 5.73. The van der Waals surface area contributed by atoms with Crippen LogP contribution in [-0.4, -0.2) is 36.9 Å². The molecule has 7 nitrogen and oxygen atoms in total. The van der Waals surface area contributed by atoms with Crippen LogP contribution in [0.15, 0.2) is 64.4 Å². The normalized spacial score (nSPS) is 23.2. The summed E-state index contributed by atoms with van der Waals surface area (Å²) in [4.78, 5) is 44.6. The van der Waals surface area contributed by atoms with Crippen molar-refractivity contribution < 1.29 is 23.9 Å². The van der Waals surface area contributed by atoms with Crippen molar-refractivity contribution in [3.63, 3.8) is 0 Å². The van der Waals surface area contributed by atoms with Gasteiger partial charge in [-0.3, -0.25) is 14.6 Å². The average molecular weight is 439 g/mol. The van der Waals surface area contributed by atoms with Crippen molar-refractivity contribution >= 4 is 29.1 Å². The second-order valence-electron chi connectivity index (χ2n) is 7.43. The third-order valence-corrected chi connectivity index (χ3v) is 6.78. The summed E-state index contributed by atoms with van der Waals surface area (Å²) in [5.74, 6) is -3.55. The van der Waals surface area contributed by atoms with Crippen LogP contribution in [0.2, 0.25) is 0 Å². The largest absolute Gasteiger partial charge is 0.468 e. The van der Waals surface area contributed by atoms with Crippen molar-refractivity contribution in [2.45, 2.75) is 25.2 Å². The second kappa shape index (κ2) is 8.47. The molecule has 2 aliphatic rings. The molecule has 0 spiro atoms. The predicted octanol–water partition coefficient (Wildman–Crippen LogP) is 3.08. The average Bonchev–Trinajstić information content (AvgIpc) is 3.32. The Morgan fingerprint density at radius 2 is 1.97 bits per heavy atom. The topological polar surface area (TPSA) is 94.6 Å². The first-order valence-corrected chi connectivity index (χ1v) is 10.7. The maximum absolute atomic E-state index is 13.8. The van der Waals surface area contributed by atoms with Gasteiger partial charge >= 0.3 is 11.9 Å². The third-order valence-electron chi connectivity index (χ3n) is 5.77. The SMILES string of the molecule is COC(=O)C1=C(C)NC2=C(C(=O)[C@H](C(=O)OC)[C@H](c3cccs3)C2)[C@H]1c1ccccn1. The number of carbonyl (C=O) groups is 3. The summed E-state index contributed by atoms with van der Waals surface area (Å²) in [6.45, 7) is 1.78. The summed E-state index contributed by atoms with van der Waals surface area (Å²) in [6, 6.07) is 9.15. The molecule has 1 aliphatic carbocycles. The Hall–Kier alpha value is -3.26. The van der Waals surface area contributed by atoms with E-state index in [1.54, 1.807) is 31.3 Å². The molecule has 1 N–H and O–H groups in total. The van der Waals surface area contributed by atoms with Gasteiger partial charge in [-0.1, -0.05) is 12.1 Å². The number of carbonyl (C=O) groups excluding carboxylic acids is 3. The Labute approximate surface area is 183 Å². The van der Waals surface area contributed by atoms with Crippen LogP contribution in [0, 0.1) is 5.92 Å². The van der Waals surface area contributed by atoms with Gasteiger partial charge in [0.05, 0.1) is 31.4 Å². The third kappa shape index (κ3) is 3.57. The van der Waals surface area contributed by atoms with Crippen molar-refractivity contribution in [1.82, 2.24) is 10.3 Å². The number of thiophene rings is 1. The van der Waals surface area contributed by atoms with Crippen molar-refractivity contribution in [2.75, 3.05) is 14.2 Å². The number of allylic oxidation sites excluding steroid dienone is 3. The van der Waals surface area contributed by atoms with Crippen molar-refractivity contribution in [1.29, 1.82) is 0 Å². The number of ketones is 1. The number of Topliss-reactive ketones (excluding diaryl/α,β-unsaturated/α-hetero) is 1. The fourth-order valence-electron chi connectivity index (χ4n) is 4.42. The zero-order valence-corrected chi connectivity index (χ0v) is 18.2. The van der Waals surface area contributed by atoms with Crippen molar-refractivity contribution in [2.24, 2.45) is 5.92 Å². The molecule has 0 saturated carbocycles. The van der Waals surface area contributed by atoms with Crippen LogP contribution in [0.4, 0.5) is 0 Å². The number of esters is 2. The number of rotatable bonds is 4. The molecule has 4 rings (SSSR count). The van der Waals surface area contributed by atoms with Crippen LogP contribution >= 0.6 is 11.3 Å². The van der Waals surface area contributed by atoms with E-state index in [2.05, 4.69) is 10.3 Å². The molecular weight excluding hydrogens is 416 g/mol. The highest BCUT2D eigenvalue weighted by molar-refractivity contribution is 7.10. The van der Waals surface area contributed by atoms with E-state index in [0.717, 1.165) is 4.88 Å². The maximum Gasteiger partial charge on any atom is 0.336 e. The highest BCUT2D eigenvalue weighted by atomic mass is 32.1. The fourth-order valence-corrected chi connectivity index (χ4v) is 5.29. The standard InChI is InChI=1S/C23H22N2O5S/c1-12-17(22(27)29-2)19(14-7-4-5-9-24-14)20-15(25-12)11-13(16-8-6-10-31-16)18(21(20)26)23(28)30-3/h4-10,13,18-19,25H,11H2,1-3H3/t13-,18+,19-/m0/s1. The number of dihydropyridines is 1. The van der Waals surface area contributed by atoms with E-state index in [9.17, 15) is 14.4 Å². The van der Waals surface area contributed by atoms with E-state index in [1.807, 2.05) is 17.5 Å². The number of nitrogens with one attached hydrogen (secondary N) is 1. The summed E-state index contributed by atoms with van der Waals surface area (Å²) in [5.41, 5.74) is 2.53. The monoisotopic (exact) mass is 438 g/mol. The minimum Gasteiger partial charge on any atom is -0.468 e. The second-order valence-corrected chi connectivity index (χ2v) is 8.41. The molecule has 3 atom stereocenters. The van der Waals surface area contributed by atoms with Crippen LogP contribution in [0.25, 0.3) is 0 Å². The number of ether oxygens (including phenoxy) is 2. The van der Waals surface area contributed by atoms with Gasteiger partial charge in [0.15, 0.2) is 5.78 Å². The number of aromatic nitrogens is 1. The predicted molar refractivity (Wildman–Crippen MR) is 114 cm³/mol. The Bertz CT molecular complexity index is 1090. The zero-order chi connectivity index (χ0) is 22.1. The van der Waals surface area contributed by atoms with Crippen molar-refractivity contribution in [3.05, 3.63) is 75.0 Å². The summed E-state index contributed by atoms with van der Waals surface area (Å²) in [7, 11) is 2.58. The lowest BCUT2D eigenvalue weighted by Crippen LogP contribution is -2.43. The smallest absolute Gasteiger partial charge is 0.336 e. The Morgan fingerprint density at radius 3 is 2.58 bits per heavy atom. The highest BCUT2D eigenvalue weighted by Gasteiger charge is 2.49. The van der Waals surface area contributed by atoms with E-state index >= 15 is 0 Å². The maximum atomic E-state index is 13.8. The fraction of sp³-hybridized carbons (Fsp3) is 0.304. The van der Waals surface area contributed by atoms with Gasteiger partial charge < -0.3 is 14.8 Å². The van der Waals surface area contributed by atoms with E-state index in [4.69, 9.17) is 9.47 Å². The first kappa shape index (κ1) is 21.0. The molecule has 160 valence electrons. The molecule has 0 aromatic carbocycles. The minimum atomic E-state index is -0.993. The first-order valence-electron chi connectivity index (χ1n) is 9.83. The zero-order valence-electron chi connectivity index (χ0n) is 17.4. The lowest BCUT2D eigenvalue weighted by molar-refractivity contribution is -0.149. The summed E-state index contributed by atoms with van der Waals surface area (Å²) in [5, 5.41) is 5.17. The molecule has 0 radical (unpaired) electrons. The molecule has 8 heteroatoms. The van der Waals surface area contributed by atoms with E-state index in [1.165, 1.54) is 25.6 Å². The Morgan fingerprint density at radius 1 is 1.16 bits per heavy atom. The van der Waals surface area contributed by atoms with E-state index < -0.39 is 23.8 Å². The highest BCUT2D eigenvalue weighted by Crippen LogP contribution is 2.48. The number of pyridine rings is 1. The molecular formula is C23H22N2O5S. The lowest BCUT2D eigenvalue weighted by Gasteiger charge is -2.38. The molecule has 0 bridgehead atoms. The van der Waals surface area contributed by atoms with Gasteiger partial charge in [-0.05, 0) is 36.9 Å². The van der Waals surface area contributed by atoms with E-state index in [0.29, 0.717) is 34.7 Å². The van der Waals surface area contributed by atoms with Crippen LogP contribution in [-0.2, 0) is 23.9 Å². The van der Waals surface area contributed by atoms with Crippen LogP contribution in [0.5, 0.6) is 0 Å². The number of nitrogens with zero attached hydrogens (tertiary/aromatic N) is 1. The number of methoxy groups -OCH3 is 2. The summed E-state index contributed by atoms with van der Waals surface area (Å²) >= 11 is 1.50. The number of hydrogen-bond donors (Lipinski definition) is 1. The van der Waals surface area contributed by atoms with Gasteiger partial charge in [0.25, 0.3) is 0 Å². The van der Waals surface area contributed by atoms with Gasteiger partial charge in [0.2, 0.25) is 0 Å². The van der Waals surface area contributed by atoms with Crippen LogP contribution < -0.4 is 5.32 Å². The molecule has 2 aromatic heterocycles. The molecule has 2 aromatic rings. The van der Waals surface area contributed by atoms with Gasteiger partial charge in [0, 0.05) is 34.0 Å². The molecule has 0 saturated heterocycles. The van der Waals surface area contributed by atoms with Gasteiger partial charge in [-0.25, -0.2) is 4.79 Å². The lowest BCUT2D eigenvalue weighted by atomic mass is 9.69. The summed E-state index contributed by atoms with van der Waals surface area (Å²) in [6.07, 6.45) is 2.05. The van der Waals surface area contributed by atoms with Crippen LogP contribution in [0.3, 0.4) is 0 Å². The number of hydrogen-bond acceptors (Lipinski definition) is 8.